The Bertz CT molecular complexity index is 1190. The number of ether oxygens (including phenoxy) is 3. The molecule has 0 atom stereocenters. The molecular weight excluding hydrogens is 380 g/mol. The Hall–Kier alpha value is -3.25. The average Bonchev–Trinajstić information content (AvgIpc) is 3.15. The van der Waals surface area contributed by atoms with Crippen LogP contribution in [0.1, 0.15) is 16.1 Å². The van der Waals surface area contributed by atoms with Crippen LogP contribution in [-0.4, -0.2) is 30.2 Å². The van der Waals surface area contributed by atoms with Crippen LogP contribution in [0.2, 0.25) is 5.15 Å². The Kier molecular flexibility index (Phi) is 4.79. The maximum absolute atomic E-state index is 12.5. The van der Waals surface area contributed by atoms with Gasteiger partial charge in [0.25, 0.3) is 0 Å². The van der Waals surface area contributed by atoms with Crippen LogP contribution in [0.15, 0.2) is 48.5 Å². The number of aromatic nitrogens is 2. The molecule has 0 fully saturated rings. The molecule has 0 bridgehead atoms. The van der Waals surface area contributed by atoms with E-state index in [1.54, 1.807) is 26.4 Å². The van der Waals surface area contributed by atoms with Crippen LogP contribution in [-0.2, 0) is 11.3 Å². The molecule has 0 unspecified atom stereocenters. The number of fused-ring (bicyclic) bond motifs is 2. The second kappa shape index (κ2) is 7.40. The lowest BCUT2D eigenvalue weighted by molar-refractivity contribution is 0.0467. The number of methoxy groups -OCH3 is 2. The van der Waals surface area contributed by atoms with E-state index in [0.29, 0.717) is 33.4 Å². The summed E-state index contributed by atoms with van der Waals surface area (Å²) in [6, 6.07) is 14.7. The number of aromatic amines is 1. The van der Waals surface area contributed by atoms with Gasteiger partial charge in [-0.3, -0.25) is 0 Å². The lowest BCUT2D eigenvalue weighted by atomic mass is 10.2. The molecule has 0 aliphatic heterocycles. The number of H-pyrrole nitrogens is 1. The Morgan fingerprint density at radius 1 is 1.07 bits per heavy atom. The lowest BCUT2D eigenvalue weighted by Crippen LogP contribution is -2.06. The monoisotopic (exact) mass is 396 g/mol. The van der Waals surface area contributed by atoms with Crippen molar-refractivity contribution in [3.05, 3.63) is 64.9 Å². The first-order valence-corrected chi connectivity index (χ1v) is 8.93. The van der Waals surface area contributed by atoms with Gasteiger partial charge in [-0.1, -0.05) is 29.8 Å². The predicted molar refractivity (Wildman–Crippen MR) is 107 cm³/mol. The van der Waals surface area contributed by atoms with E-state index in [-0.39, 0.29) is 6.61 Å². The second-order valence-electron chi connectivity index (χ2n) is 6.18. The van der Waals surface area contributed by atoms with E-state index in [1.165, 1.54) is 0 Å². The van der Waals surface area contributed by atoms with Crippen LogP contribution in [0, 0.1) is 0 Å². The van der Waals surface area contributed by atoms with Gasteiger partial charge in [0.05, 0.1) is 25.3 Å². The third kappa shape index (κ3) is 3.34. The van der Waals surface area contributed by atoms with Gasteiger partial charge in [-0.25, -0.2) is 9.78 Å². The van der Waals surface area contributed by atoms with Gasteiger partial charge in [0.1, 0.15) is 29.0 Å². The number of rotatable bonds is 5. The summed E-state index contributed by atoms with van der Waals surface area (Å²) in [6.45, 7) is 0.0192. The third-order valence-electron chi connectivity index (χ3n) is 4.45. The number of hydrogen-bond donors (Lipinski definition) is 1. The van der Waals surface area contributed by atoms with E-state index >= 15 is 0 Å². The molecule has 7 heteroatoms. The highest BCUT2D eigenvalue weighted by Crippen LogP contribution is 2.31. The summed E-state index contributed by atoms with van der Waals surface area (Å²) in [7, 11) is 3.13. The first kappa shape index (κ1) is 18.1. The third-order valence-corrected chi connectivity index (χ3v) is 4.78. The maximum Gasteiger partial charge on any atom is 0.355 e. The fraction of sp³-hybridized carbons (Fsp3) is 0.143. The highest BCUT2D eigenvalue weighted by atomic mass is 35.5. The molecule has 4 aromatic rings. The first-order valence-electron chi connectivity index (χ1n) is 8.55. The maximum atomic E-state index is 12.5. The minimum Gasteiger partial charge on any atom is -0.497 e. The van der Waals surface area contributed by atoms with Crippen LogP contribution < -0.4 is 9.47 Å². The molecule has 0 saturated heterocycles. The first-order chi connectivity index (χ1) is 13.6. The van der Waals surface area contributed by atoms with Crippen LogP contribution in [0.3, 0.4) is 0 Å². The van der Waals surface area contributed by atoms with Crippen LogP contribution >= 0.6 is 11.6 Å². The molecule has 1 N–H and O–H groups in total. The standard InChI is InChI=1S/C21H17ClN2O4/c1-26-15-8-13-9-17(23-19(13)18(10-15)27-2)21(25)28-11-14-7-12-5-3-4-6-16(12)24-20(14)22/h3-10,23H,11H2,1-2H3. The number of nitrogens with one attached hydrogen (secondary N) is 1. The molecule has 6 nitrogen and oxygen atoms in total. The lowest BCUT2D eigenvalue weighted by Gasteiger charge is -2.07. The van der Waals surface area contributed by atoms with E-state index in [9.17, 15) is 4.79 Å². The number of carbonyl (C=O) groups is 1. The smallest absolute Gasteiger partial charge is 0.355 e. The molecule has 2 aromatic carbocycles. The molecule has 0 spiro atoms. The summed E-state index contributed by atoms with van der Waals surface area (Å²) in [5, 5.41) is 2.03. The van der Waals surface area contributed by atoms with Gasteiger partial charge in [0.15, 0.2) is 0 Å². The Labute approximate surface area is 166 Å². The number of hydrogen-bond acceptors (Lipinski definition) is 5. The number of halogens is 1. The van der Waals surface area contributed by atoms with Crippen molar-refractivity contribution in [1.29, 1.82) is 0 Å². The molecule has 2 heterocycles. The van der Waals surface area contributed by atoms with E-state index < -0.39 is 5.97 Å². The zero-order chi connectivity index (χ0) is 19.7. The Morgan fingerprint density at radius 3 is 2.68 bits per heavy atom. The molecule has 2 aromatic heterocycles. The number of nitrogens with zero attached hydrogens (tertiary/aromatic N) is 1. The fourth-order valence-electron chi connectivity index (χ4n) is 3.03. The topological polar surface area (TPSA) is 73.4 Å². The molecule has 0 amide bonds. The minimum atomic E-state index is -0.499. The van der Waals surface area contributed by atoms with Crippen LogP contribution in [0.25, 0.3) is 21.8 Å². The van der Waals surface area contributed by atoms with Crippen molar-refractivity contribution in [2.45, 2.75) is 6.61 Å². The molecule has 0 radical (unpaired) electrons. The number of carbonyl (C=O) groups excluding carboxylic acids is 1. The highest BCUT2D eigenvalue weighted by molar-refractivity contribution is 6.30. The van der Waals surface area contributed by atoms with Gasteiger partial charge in [0.2, 0.25) is 0 Å². The van der Waals surface area contributed by atoms with Gasteiger partial charge < -0.3 is 19.2 Å². The number of benzene rings is 2. The largest absolute Gasteiger partial charge is 0.497 e. The number of pyridine rings is 1. The summed E-state index contributed by atoms with van der Waals surface area (Å²) >= 11 is 6.23. The zero-order valence-corrected chi connectivity index (χ0v) is 16.0. The van der Waals surface area contributed by atoms with Gasteiger partial charge in [-0.15, -0.1) is 0 Å². The number of para-hydroxylation sites is 1. The van der Waals surface area contributed by atoms with Crippen molar-refractivity contribution in [3.63, 3.8) is 0 Å². The summed E-state index contributed by atoms with van der Waals surface area (Å²) in [4.78, 5) is 19.9. The van der Waals surface area contributed by atoms with Gasteiger partial charge in [0, 0.05) is 22.4 Å². The highest BCUT2D eigenvalue weighted by Gasteiger charge is 2.16. The average molecular weight is 397 g/mol. The molecule has 142 valence electrons. The van der Waals surface area contributed by atoms with Crippen molar-refractivity contribution < 1.29 is 19.0 Å². The molecule has 0 saturated carbocycles. The predicted octanol–water partition coefficient (Wildman–Crippen LogP) is 4.74. The molecule has 0 aliphatic carbocycles. The van der Waals surface area contributed by atoms with Gasteiger partial charge in [-0.2, -0.15) is 0 Å². The normalized spacial score (nSPS) is 11.0. The zero-order valence-electron chi connectivity index (χ0n) is 15.3. The molecule has 0 aliphatic rings. The summed E-state index contributed by atoms with van der Waals surface area (Å²) in [5.41, 5.74) is 2.44. The quantitative estimate of drug-likeness (QED) is 0.389. The molecule has 4 rings (SSSR count). The van der Waals surface area contributed by atoms with E-state index in [1.807, 2.05) is 36.4 Å². The van der Waals surface area contributed by atoms with E-state index in [4.69, 9.17) is 25.8 Å². The Balaban J connectivity index is 1.58. The fourth-order valence-corrected chi connectivity index (χ4v) is 3.23. The van der Waals surface area contributed by atoms with E-state index in [0.717, 1.165) is 16.3 Å². The summed E-state index contributed by atoms with van der Waals surface area (Å²) in [5.74, 6) is 0.717. The molecule has 28 heavy (non-hydrogen) atoms. The second-order valence-corrected chi connectivity index (χ2v) is 6.54. The van der Waals surface area contributed by atoms with E-state index in [2.05, 4.69) is 9.97 Å². The van der Waals surface area contributed by atoms with Crippen molar-refractivity contribution in [2.24, 2.45) is 0 Å². The SMILES string of the molecule is COc1cc(OC)c2[nH]c(C(=O)OCc3cc4ccccc4nc3Cl)cc2c1. The van der Waals surface area contributed by atoms with Gasteiger partial charge in [-0.05, 0) is 24.3 Å². The minimum absolute atomic E-state index is 0.0192. The van der Waals surface area contributed by atoms with Crippen LogP contribution in [0.5, 0.6) is 11.5 Å². The van der Waals surface area contributed by atoms with Crippen molar-refractivity contribution in [1.82, 2.24) is 9.97 Å². The molecular formula is C21H17ClN2O4. The summed E-state index contributed by atoms with van der Waals surface area (Å²) in [6.07, 6.45) is 0. The van der Waals surface area contributed by atoms with Crippen molar-refractivity contribution in [3.8, 4) is 11.5 Å². The van der Waals surface area contributed by atoms with Crippen molar-refractivity contribution in [2.75, 3.05) is 14.2 Å². The Morgan fingerprint density at radius 2 is 1.89 bits per heavy atom. The van der Waals surface area contributed by atoms with Crippen molar-refractivity contribution >= 4 is 39.4 Å². The van der Waals surface area contributed by atoms with Gasteiger partial charge >= 0.3 is 5.97 Å². The number of esters is 1. The summed E-state index contributed by atoms with van der Waals surface area (Å²) < 4.78 is 16.1. The van der Waals surface area contributed by atoms with Crippen LogP contribution in [0.4, 0.5) is 0 Å².